The van der Waals surface area contributed by atoms with Gasteiger partial charge in [0.25, 0.3) is 0 Å². The fourth-order valence-electron chi connectivity index (χ4n) is 2.22. The van der Waals surface area contributed by atoms with Gasteiger partial charge in [-0.25, -0.2) is 0 Å². The molecule has 0 radical (unpaired) electrons. The number of rotatable bonds is 3. The molecule has 0 unspecified atom stereocenters. The summed E-state index contributed by atoms with van der Waals surface area (Å²) in [6.45, 7) is 15.7. The number of hydrogen-bond donors (Lipinski definition) is 0. The molecule has 1 aromatic rings. The van der Waals surface area contributed by atoms with Crippen molar-refractivity contribution in [2.75, 3.05) is 7.11 Å². The van der Waals surface area contributed by atoms with E-state index in [2.05, 4.69) is 60.6 Å². The summed E-state index contributed by atoms with van der Waals surface area (Å²) in [4.78, 5) is 0. The maximum atomic E-state index is 5.70. The van der Waals surface area contributed by atoms with Gasteiger partial charge in [0.1, 0.15) is 5.75 Å². The molecule has 0 fully saturated rings. The van der Waals surface area contributed by atoms with Crippen molar-refractivity contribution < 1.29 is 4.74 Å². The minimum absolute atomic E-state index is 0.111. The average Bonchev–Trinajstić information content (AvgIpc) is 2.25. The molecule has 1 aromatic carbocycles. The van der Waals surface area contributed by atoms with Crippen molar-refractivity contribution in [2.24, 2.45) is 0 Å². The molecular weight excluding hydrogens is 220 g/mol. The maximum absolute atomic E-state index is 5.70. The topological polar surface area (TPSA) is 9.23 Å². The first kappa shape index (κ1) is 15.1. The lowest BCUT2D eigenvalue weighted by Crippen LogP contribution is -2.15. The Labute approximate surface area is 113 Å². The molecule has 1 heteroatoms. The summed E-state index contributed by atoms with van der Waals surface area (Å²) in [5.41, 5.74) is 4.16. The minimum atomic E-state index is 0.111. The van der Waals surface area contributed by atoms with E-state index in [-0.39, 0.29) is 5.41 Å². The van der Waals surface area contributed by atoms with E-state index in [4.69, 9.17) is 4.74 Å². The van der Waals surface area contributed by atoms with Crippen molar-refractivity contribution in [3.05, 3.63) is 28.8 Å². The van der Waals surface area contributed by atoms with Crippen LogP contribution < -0.4 is 4.74 Å². The molecule has 0 bridgehead atoms. The van der Waals surface area contributed by atoms with Crippen molar-refractivity contribution in [2.45, 2.75) is 65.7 Å². The zero-order chi connectivity index (χ0) is 14.1. The molecule has 0 aliphatic carbocycles. The Morgan fingerprint density at radius 1 is 0.944 bits per heavy atom. The van der Waals surface area contributed by atoms with Crippen molar-refractivity contribution in [1.82, 2.24) is 0 Å². The van der Waals surface area contributed by atoms with Gasteiger partial charge in [-0.15, -0.1) is 0 Å². The molecule has 0 spiro atoms. The second kappa shape index (κ2) is 5.34. The number of benzene rings is 1. The van der Waals surface area contributed by atoms with E-state index in [1.807, 2.05) is 0 Å². The second-order valence-corrected chi connectivity index (χ2v) is 6.75. The van der Waals surface area contributed by atoms with Crippen molar-refractivity contribution in [3.63, 3.8) is 0 Å². The highest BCUT2D eigenvalue weighted by Gasteiger charge is 2.23. The molecule has 18 heavy (non-hydrogen) atoms. The van der Waals surface area contributed by atoms with E-state index in [9.17, 15) is 0 Å². The number of ether oxygens (including phenoxy) is 1. The predicted octanol–water partition coefficient (Wildman–Crippen LogP) is 5.24. The van der Waals surface area contributed by atoms with Crippen LogP contribution in [0.15, 0.2) is 12.1 Å². The largest absolute Gasteiger partial charge is 0.496 e. The summed E-state index contributed by atoms with van der Waals surface area (Å²) < 4.78 is 5.70. The molecule has 102 valence electrons. The lowest BCUT2D eigenvalue weighted by Gasteiger charge is -2.27. The third kappa shape index (κ3) is 3.07. The number of hydrogen-bond acceptors (Lipinski definition) is 1. The smallest absolute Gasteiger partial charge is 0.126 e. The lowest BCUT2D eigenvalue weighted by molar-refractivity contribution is 0.390. The quantitative estimate of drug-likeness (QED) is 0.711. The molecule has 1 nitrogen and oxygen atoms in total. The standard InChI is InChI=1S/C17H28O/c1-11(2)13-9-14(12(3)4)16(18-8)15(10-13)17(5,6)7/h9-12H,1-8H3. The molecule has 0 N–H and O–H groups in total. The molecule has 0 saturated carbocycles. The van der Waals surface area contributed by atoms with Crippen LogP contribution in [0.25, 0.3) is 0 Å². The van der Waals surface area contributed by atoms with Crippen LogP contribution in [-0.2, 0) is 5.41 Å². The van der Waals surface area contributed by atoms with Crippen LogP contribution in [0.4, 0.5) is 0 Å². The molecule has 0 amide bonds. The van der Waals surface area contributed by atoms with Gasteiger partial charge in [0.05, 0.1) is 7.11 Å². The fraction of sp³-hybridized carbons (Fsp3) is 0.647. The summed E-state index contributed by atoms with van der Waals surface area (Å²) in [5, 5.41) is 0. The Balaban J connectivity index is 3.56. The SMILES string of the molecule is COc1c(C(C)C)cc(C(C)C)cc1C(C)(C)C. The zero-order valence-electron chi connectivity index (χ0n) is 13.2. The summed E-state index contributed by atoms with van der Waals surface area (Å²) >= 11 is 0. The van der Waals surface area contributed by atoms with E-state index in [1.54, 1.807) is 7.11 Å². The van der Waals surface area contributed by atoms with Crippen molar-refractivity contribution in [1.29, 1.82) is 0 Å². The van der Waals surface area contributed by atoms with Crippen LogP contribution in [0.2, 0.25) is 0 Å². The monoisotopic (exact) mass is 248 g/mol. The van der Waals surface area contributed by atoms with Gasteiger partial charge in [-0.05, 0) is 28.4 Å². The summed E-state index contributed by atoms with van der Waals surface area (Å²) in [6.07, 6.45) is 0. The molecular formula is C17H28O. The Morgan fingerprint density at radius 3 is 1.83 bits per heavy atom. The van der Waals surface area contributed by atoms with E-state index >= 15 is 0 Å². The third-order valence-corrected chi connectivity index (χ3v) is 3.44. The molecule has 0 aliphatic heterocycles. The summed E-state index contributed by atoms with van der Waals surface area (Å²) in [6, 6.07) is 4.62. The normalized spacial score (nSPS) is 12.3. The summed E-state index contributed by atoms with van der Waals surface area (Å²) in [7, 11) is 1.78. The maximum Gasteiger partial charge on any atom is 0.126 e. The van der Waals surface area contributed by atoms with Crippen molar-refractivity contribution in [3.8, 4) is 5.75 Å². The van der Waals surface area contributed by atoms with Gasteiger partial charge in [-0.3, -0.25) is 0 Å². The Kier molecular flexibility index (Phi) is 4.47. The van der Waals surface area contributed by atoms with Crippen LogP contribution in [0.3, 0.4) is 0 Å². The first-order valence-electron chi connectivity index (χ1n) is 6.90. The van der Waals surface area contributed by atoms with E-state index < -0.39 is 0 Å². The predicted molar refractivity (Wildman–Crippen MR) is 79.9 cm³/mol. The highest BCUT2D eigenvalue weighted by molar-refractivity contribution is 5.50. The van der Waals surface area contributed by atoms with Gasteiger partial charge in [0.15, 0.2) is 0 Å². The van der Waals surface area contributed by atoms with Gasteiger partial charge in [-0.2, -0.15) is 0 Å². The van der Waals surface area contributed by atoms with Crippen LogP contribution in [-0.4, -0.2) is 7.11 Å². The van der Waals surface area contributed by atoms with Gasteiger partial charge >= 0.3 is 0 Å². The van der Waals surface area contributed by atoms with Gasteiger partial charge in [-0.1, -0.05) is 60.6 Å². The van der Waals surface area contributed by atoms with E-state index in [1.165, 1.54) is 16.7 Å². The van der Waals surface area contributed by atoms with Gasteiger partial charge in [0.2, 0.25) is 0 Å². The third-order valence-electron chi connectivity index (χ3n) is 3.44. The Morgan fingerprint density at radius 2 is 1.50 bits per heavy atom. The van der Waals surface area contributed by atoms with Gasteiger partial charge < -0.3 is 4.74 Å². The zero-order valence-corrected chi connectivity index (χ0v) is 13.2. The minimum Gasteiger partial charge on any atom is -0.496 e. The highest BCUT2D eigenvalue weighted by Crippen LogP contribution is 2.39. The Bertz CT molecular complexity index is 408. The molecule has 0 atom stereocenters. The van der Waals surface area contributed by atoms with E-state index in [0.29, 0.717) is 11.8 Å². The number of methoxy groups -OCH3 is 1. The van der Waals surface area contributed by atoms with Gasteiger partial charge in [0, 0.05) is 5.56 Å². The Hall–Kier alpha value is -0.980. The molecule has 0 saturated heterocycles. The van der Waals surface area contributed by atoms with Crippen LogP contribution in [0.1, 0.15) is 77.0 Å². The molecule has 0 aliphatic rings. The average molecular weight is 248 g/mol. The van der Waals surface area contributed by atoms with Crippen molar-refractivity contribution >= 4 is 0 Å². The lowest BCUT2D eigenvalue weighted by atomic mass is 9.81. The first-order chi connectivity index (χ1) is 8.18. The van der Waals surface area contributed by atoms with Crippen LogP contribution in [0, 0.1) is 0 Å². The van der Waals surface area contributed by atoms with Crippen LogP contribution in [0.5, 0.6) is 5.75 Å². The molecule has 0 heterocycles. The summed E-state index contributed by atoms with van der Waals surface area (Å²) in [5.74, 6) is 2.11. The first-order valence-corrected chi connectivity index (χ1v) is 6.90. The molecule has 0 aromatic heterocycles. The van der Waals surface area contributed by atoms with E-state index in [0.717, 1.165) is 5.75 Å². The fourth-order valence-corrected chi connectivity index (χ4v) is 2.22. The highest BCUT2D eigenvalue weighted by atomic mass is 16.5. The molecule has 1 rings (SSSR count). The van der Waals surface area contributed by atoms with Crippen LogP contribution >= 0.6 is 0 Å². The second-order valence-electron chi connectivity index (χ2n) is 6.75.